The zero-order chi connectivity index (χ0) is 17.6. The number of nitrogens with zero attached hydrogens (tertiary/aromatic N) is 3. The molecule has 3 N–H and O–H groups in total. The third-order valence-electron chi connectivity index (χ3n) is 3.65. The summed E-state index contributed by atoms with van der Waals surface area (Å²) in [5.41, 5.74) is 8.20. The number of halogens is 1. The van der Waals surface area contributed by atoms with E-state index in [1.54, 1.807) is 24.3 Å². The van der Waals surface area contributed by atoms with Crippen molar-refractivity contribution < 1.29 is 9.34 Å². The van der Waals surface area contributed by atoms with E-state index in [0.29, 0.717) is 33.6 Å². The number of benzene rings is 2. The maximum Gasteiger partial charge on any atom is 0.270 e. The van der Waals surface area contributed by atoms with E-state index in [1.807, 2.05) is 0 Å². The second-order valence-corrected chi connectivity index (χ2v) is 5.64. The lowest BCUT2D eigenvalue weighted by Gasteiger charge is -2.06. The van der Waals surface area contributed by atoms with Gasteiger partial charge in [0.15, 0.2) is 11.4 Å². The van der Waals surface area contributed by atoms with Gasteiger partial charge in [-0.05, 0) is 41.9 Å². The van der Waals surface area contributed by atoms with Gasteiger partial charge in [0.2, 0.25) is 5.28 Å². The average molecular weight is 356 g/mol. The first-order valence-electron chi connectivity index (χ1n) is 7.18. The van der Waals surface area contributed by atoms with Gasteiger partial charge in [0.05, 0.1) is 10.3 Å². The van der Waals surface area contributed by atoms with E-state index < -0.39 is 4.92 Å². The van der Waals surface area contributed by atoms with Gasteiger partial charge < -0.3 is 15.5 Å². The Morgan fingerprint density at radius 2 is 1.92 bits per heavy atom. The number of nitro benzene ring substituents is 1. The highest BCUT2D eigenvalue weighted by Crippen LogP contribution is 2.35. The normalized spacial score (nSPS) is 11.1. The number of nitro groups is 1. The Morgan fingerprint density at radius 3 is 2.64 bits per heavy atom. The van der Waals surface area contributed by atoms with Crippen molar-refractivity contribution >= 4 is 56.5 Å². The fraction of sp³-hybridized carbons (Fsp3) is 0. The zero-order valence-corrected chi connectivity index (χ0v) is 13.3. The maximum atomic E-state index is 11.0. The van der Waals surface area contributed by atoms with Gasteiger partial charge in [-0.25, -0.2) is 4.98 Å². The van der Waals surface area contributed by atoms with Crippen LogP contribution in [0, 0.1) is 10.1 Å². The monoisotopic (exact) mass is 355 g/mol. The highest BCUT2D eigenvalue weighted by Gasteiger charge is 2.18. The van der Waals surface area contributed by atoms with Crippen molar-refractivity contribution in [3.63, 3.8) is 0 Å². The van der Waals surface area contributed by atoms with Crippen LogP contribution in [0.15, 0.2) is 46.9 Å². The maximum absolute atomic E-state index is 11.0. The lowest BCUT2D eigenvalue weighted by molar-refractivity contribution is -0.384. The summed E-state index contributed by atoms with van der Waals surface area (Å²) in [5.74, 6) is 0.360. The molecular formula is C16H10ClN5O3. The molecule has 2 heterocycles. The van der Waals surface area contributed by atoms with Gasteiger partial charge in [-0.1, -0.05) is 0 Å². The number of anilines is 3. The average Bonchev–Trinajstić information content (AvgIpc) is 2.95. The van der Waals surface area contributed by atoms with Crippen LogP contribution < -0.4 is 11.1 Å². The van der Waals surface area contributed by atoms with Gasteiger partial charge in [-0.15, -0.1) is 0 Å². The molecule has 0 saturated carbocycles. The van der Waals surface area contributed by atoms with Gasteiger partial charge in [0.25, 0.3) is 5.69 Å². The fourth-order valence-corrected chi connectivity index (χ4v) is 2.67. The van der Waals surface area contributed by atoms with E-state index in [-0.39, 0.29) is 11.0 Å². The lowest BCUT2D eigenvalue weighted by Crippen LogP contribution is -1.96. The first-order chi connectivity index (χ1) is 12.0. The van der Waals surface area contributed by atoms with Crippen LogP contribution in [-0.4, -0.2) is 14.9 Å². The standard InChI is InChI=1S/C16H10ClN5O3/c17-16-20-13-11-7-10(22(23)24)5-6-12(11)25-14(13)15(21-16)19-9-3-1-8(18)2-4-9/h1-7H,18H2,(H,19,20,21). The molecule has 124 valence electrons. The van der Waals surface area contributed by atoms with Crippen LogP contribution in [0.4, 0.5) is 22.9 Å². The number of non-ortho nitro benzene ring substituents is 1. The molecule has 0 bridgehead atoms. The minimum atomic E-state index is -0.478. The number of furan rings is 1. The number of nitrogens with two attached hydrogens (primary N) is 1. The molecule has 0 unspecified atom stereocenters. The molecule has 25 heavy (non-hydrogen) atoms. The quantitative estimate of drug-likeness (QED) is 0.244. The van der Waals surface area contributed by atoms with Crippen molar-refractivity contribution in [3.8, 4) is 0 Å². The fourth-order valence-electron chi connectivity index (χ4n) is 2.51. The molecule has 2 aromatic heterocycles. The molecule has 0 radical (unpaired) electrons. The molecule has 9 heteroatoms. The summed E-state index contributed by atoms with van der Waals surface area (Å²) in [7, 11) is 0. The predicted octanol–water partition coefficient (Wildman–Crippen LogP) is 4.26. The number of hydrogen-bond donors (Lipinski definition) is 2. The van der Waals surface area contributed by atoms with Gasteiger partial charge in [-0.2, -0.15) is 4.98 Å². The molecule has 0 spiro atoms. The van der Waals surface area contributed by atoms with E-state index in [0.717, 1.165) is 5.69 Å². The number of aromatic nitrogens is 2. The topological polar surface area (TPSA) is 120 Å². The Kier molecular flexibility index (Phi) is 3.40. The molecule has 0 amide bonds. The van der Waals surface area contributed by atoms with Crippen LogP contribution in [0.25, 0.3) is 22.1 Å². The van der Waals surface area contributed by atoms with Crippen LogP contribution >= 0.6 is 11.6 Å². The molecule has 2 aromatic carbocycles. The minimum absolute atomic E-state index is 0.000323. The number of rotatable bonds is 3. The summed E-state index contributed by atoms with van der Waals surface area (Å²) < 4.78 is 5.78. The Labute approximate surface area is 145 Å². The minimum Gasteiger partial charge on any atom is -0.450 e. The molecule has 0 aliphatic heterocycles. The van der Waals surface area contributed by atoms with Crippen LogP contribution in [0.1, 0.15) is 0 Å². The van der Waals surface area contributed by atoms with Crippen LogP contribution in [-0.2, 0) is 0 Å². The second kappa shape index (κ2) is 5.60. The van der Waals surface area contributed by atoms with Crippen LogP contribution in [0.3, 0.4) is 0 Å². The van der Waals surface area contributed by atoms with E-state index in [1.165, 1.54) is 18.2 Å². The summed E-state index contributed by atoms with van der Waals surface area (Å²) >= 11 is 6.02. The Balaban J connectivity index is 1.91. The van der Waals surface area contributed by atoms with Crippen LogP contribution in [0.5, 0.6) is 0 Å². The Morgan fingerprint density at radius 1 is 1.16 bits per heavy atom. The first-order valence-corrected chi connectivity index (χ1v) is 7.56. The highest BCUT2D eigenvalue weighted by molar-refractivity contribution is 6.29. The van der Waals surface area contributed by atoms with Crippen molar-refractivity contribution in [1.29, 1.82) is 0 Å². The van der Waals surface area contributed by atoms with E-state index in [9.17, 15) is 10.1 Å². The predicted molar refractivity (Wildman–Crippen MR) is 95.1 cm³/mol. The van der Waals surface area contributed by atoms with Crippen molar-refractivity contribution in [2.24, 2.45) is 0 Å². The molecule has 4 aromatic rings. The SMILES string of the molecule is Nc1ccc(Nc2nc(Cl)nc3c2oc2ccc([N+](=O)[O-])cc23)cc1. The number of hydrogen-bond acceptors (Lipinski definition) is 7. The third-order valence-corrected chi connectivity index (χ3v) is 3.82. The molecule has 4 rings (SSSR count). The second-order valence-electron chi connectivity index (χ2n) is 5.31. The number of fused-ring (bicyclic) bond motifs is 3. The van der Waals surface area contributed by atoms with Gasteiger partial charge in [0.1, 0.15) is 11.1 Å². The van der Waals surface area contributed by atoms with Gasteiger partial charge in [-0.3, -0.25) is 10.1 Å². The van der Waals surface area contributed by atoms with Crippen molar-refractivity contribution in [2.45, 2.75) is 0 Å². The van der Waals surface area contributed by atoms with Gasteiger partial charge >= 0.3 is 0 Å². The molecule has 8 nitrogen and oxygen atoms in total. The first kappa shape index (κ1) is 15.2. The summed E-state index contributed by atoms with van der Waals surface area (Å²) in [6.07, 6.45) is 0. The highest BCUT2D eigenvalue weighted by atomic mass is 35.5. The summed E-state index contributed by atoms with van der Waals surface area (Å²) in [5, 5.41) is 14.6. The Bertz CT molecular complexity index is 1120. The zero-order valence-electron chi connectivity index (χ0n) is 12.6. The molecule has 0 aliphatic carbocycles. The lowest BCUT2D eigenvalue weighted by atomic mass is 10.2. The summed E-state index contributed by atoms with van der Waals surface area (Å²) in [6, 6.07) is 11.3. The number of nitrogen functional groups attached to an aromatic ring is 1. The van der Waals surface area contributed by atoms with Gasteiger partial charge in [0, 0.05) is 23.5 Å². The van der Waals surface area contributed by atoms with Crippen molar-refractivity contribution in [1.82, 2.24) is 9.97 Å². The molecule has 0 saturated heterocycles. The third kappa shape index (κ3) is 2.68. The van der Waals surface area contributed by atoms with Crippen molar-refractivity contribution in [2.75, 3.05) is 11.1 Å². The van der Waals surface area contributed by atoms with E-state index in [4.69, 9.17) is 21.8 Å². The number of nitrogens with one attached hydrogen (secondary N) is 1. The van der Waals surface area contributed by atoms with Crippen LogP contribution in [0.2, 0.25) is 5.28 Å². The molecule has 0 fully saturated rings. The smallest absolute Gasteiger partial charge is 0.270 e. The van der Waals surface area contributed by atoms with Crippen molar-refractivity contribution in [3.05, 3.63) is 57.9 Å². The molecular weight excluding hydrogens is 346 g/mol. The Hall–Kier alpha value is -3.39. The van der Waals surface area contributed by atoms with E-state index >= 15 is 0 Å². The summed E-state index contributed by atoms with van der Waals surface area (Å²) in [6.45, 7) is 0. The van der Waals surface area contributed by atoms with E-state index in [2.05, 4.69) is 15.3 Å². The largest absolute Gasteiger partial charge is 0.450 e. The molecule has 0 atom stereocenters. The summed E-state index contributed by atoms with van der Waals surface area (Å²) in [4.78, 5) is 18.8. The molecule has 0 aliphatic rings.